The molecule has 0 fully saturated rings. The predicted molar refractivity (Wildman–Crippen MR) is 89.9 cm³/mol. The van der Waals surface area contributed by atoms with Crippen LogP contribution in [0.3, 0.4) is 0 Å². The second-order valence-electron chi connectivity index (χ2n) is 5.42. The van der Waals surface area contributed by atoms with Crippen LogP contribution in [0, 0.1) is 0 Å². The van der Waals surface area contributed by atoms with Gasteiger partial charge in [-0.2, -0.15) is 8.78 Å². The van der Waals surface area contributed by atoms with Crippen LogP contribution in [0.4, 0.5) is 8.78 Å². The van der Waals surface area contributed by atoms with Gasteiger partial charge in [0, 0.05) is 12.6 Å². The van der Waals surface area contributed by atoms with E-state index in [1.165, 1.54) is 31.6 Å². The first-order valence-corrected chi connectivity index (χ1v) is 7.97. The number of rotatable bonds is 8. The number of alkyl halides is 2. The van der Waals surface area contributed by atoms with E-state index in [1.54, 1.807) is 18.2 Å². The molecule has 0 aliphatic rings. The Balaban J connectivity index is 1.57. The molecule has 0 atom stereocenters. The summed E-state index contributed by atoms with van der Waals surface area (Å²) in [4.78, 5) is 12.1. The van der Waals surface area contributed by atoms with Crippen molar-refractivity contribution in [2.75, 3.05) is 13.7 Å². The molecule has 0 bridgehead atoms. The van der Waals surface area contributed by atoms with Crippen molar-refractivity contribution >= 4 is 5.91 Å². The minimum absolute atomic E-state index is 0.0593. The molecular weight excluding hydrogens is 362 g/mol. The van der Waals surface area contributed by atoms with Gasteiger partial charge in [-0.05, 0) is 36.2 Å². The van der Waals surface area contributed by atoms with Gasteiger partial charge in [0.15, 0.2) is 23.0 Å². The standard InChI is InChI=1S/C18H16F2N2O5/c1-24-13-5-4-11(9-15(13)26-18(19)20)6-7-21-17(23)12-10-16(27-22-12)14-3-2-8-25-14/h2-5,8-10,18H,6-7H2,1H3,(H,21,23). The summed E-state index contributed by atoms with van der Waals surface area (Å²) < 4.78 is 44.6. The fourth-order valence-corrected chi connectivity index (χ4v) is 2.39. The number of hydrogen-bond acceptors (Lipinski definition) is 6. The number of carbonyl (C=O) groups is 1. The van der Waals surface area contributed by atoms with E-state index in [9.17, 15) is 13.6 Å². The van der Waals surface area contributed by atoms with Crippen molar-refractivity contribution in [2.45, 2.75) is 13.0 Å². The quantitative estimate of drug-likeness (QED) is 0.645. The first kappa shape index (κ1) is 18.4. The average Bonchev–Trinajstić information content (AvgIpc) is 3.33. The van der Waals surface area contributed by atoms with Gasteiger partial charge < -0.3 is 23.7 Å². The SMILES string of the molecule is COc1ccc(CCNC(=O)c2cc(-c3ccco3)on2)cc1OC(F)F. The number of furan rings is 1. The van der Waals surface area contributed by atoms with E-state index in [0.717, 1.165) is 0 Å². The van der Waals surface area contributed by atoms with Crippen LogP contribution < -0.4 is 14.8 Å². The summed E-state index contributed by atoms with van der Waals surface area (Å²) in [6.45, 7) is -2.69. The molecule has 0 aliphatic carbocycles. The van der Waals surface area contributed by atoms with Gasteiger partial charge in [-0.15, -0.1) is 0 Å². The molecule has 0 spiro atoms. The lowest BCUT2D eigenvalue weighted by atomic mass is 10.1. The van der Waals surface area contributed by atoms with Crippen LogP contribution in [-0.2, 0) is 6.42 Å². The number of aromatic nitrogens is 1. The third-order valence-electron chi connectivity index (χ3n) is 3.65. The fourth-order valence-electron chi connectivity index (χ4n) is 2.39. The molecule has 1 aromatic carbocycles. The second kappa shape index (κ2) is 8.35. The van der Waals surface area contributed by atoms with Crippen molar-refractivity contribution in [2.24, 2.45) is 0 Å². The summed E-state index contributed by atoms with van der Waals surface area (Å²) in [6, 6.07) is 9.53. The van der Waals surface area contributed by atoms with Gasteiger partial charge in [0.2, 0.25) is 5.76 Å². The van der Waals surface area contributed by atoms with Crippen LogP contribution in [0.25, 0.3) is 11.5 Å². The largest absolute Gasteiger partial charge is 0.493 e. The van der Waals surface area contributed by atoms with E-state index in [2.05, 4.69) is 15.2 Å². The van der Waals surface area contributed by atoms with Crippen LogP contribution >= 0.6 is 0 Å². The number of nitrogens with zero attached hydrogens (tertiary/aromatic N) is 1. The highest BCUT2D eigenvalue weighted by atomic mass is 19.3. The van der Waals surface area contributed by atoms with Gasteiger partial charge in [-0.1, -0.05) is 11.2 Å². The third-order valence-corrected chi connectivity index (χ3v) is 3.65. The Bertz CT molecular complexity index is 893. The maximum absolute atomic E-state index is 12.5. The summed E-state index contributed by atoms with van der Waals surface area (Å²) in [7, 11) is 1.36. The normalized spacial score (nSPS) is 10.8. The van der Waals surface area contributed by atoms with Gasteiger partial charge in [0.25, 0.3) is 5.91 Å². The van der Waals surface area contributed by atoms with E-state index < -0.39 is 12.5 Å². The zero-order valence-corrected chi connectivity index (χ0v) is 14.3. The van der Waals surface area contributed by atoms with Crippen molar-refractivity contribution in [3.8, 4) is 23.0 Å². The van der Waals surface area contributed by atoms with Gasteiger partial charge in [-0.25, -0.2) is 0 Å². The molecule has 0 saturated carbocycles. The number of nitrogens with one attached hydrogen (secondary N) is 1. The number of amides is 1. The van der Waals surface area contributed by atoms with Crippen molar-refractivity contribution in [1.29, 1.82) is 0 Å². The number of benzene rings is 1. The Hall–Kier alpha value is -3.36. The minimum Gasteiger partial charge on any atom is -0.493 e. The molecule has 1 N–H and O–H groups in total. The van der Waals surface area contributed by atoms with Crippen molar-refractivity contribution in [3.05, 3.63) is 53.9 Å². The molecule has 2 aromatic heterocycles. The summed E-state index contributed by atoms with van der Waals surface area (Å²) in [6.07, 6.45) is 1.89. The van der Waals surface area contributed by atoms with Crippen molar-refractivity contribution in [1.82, 2.24) is 10.5 Å². The third kappa shape index (κ3) is 4.63. The zero-order valence-electron chi connectivity index (χ0n) is 14.3. The number of carbonyl (C=O) groups excluding carboxylic acids is 1. The first-order valence-electron chi connectivity index (χ1n) is 7.97. The predicted octanol–water partition coefficient (Wildman–Crippen LogP) is 3.52. The van der Waals surface area contributed by atoms with Crippen LogP contribution in [0.15, 0.2) is 51.6 Å². The highest BCUT2D eigenvalue weighted by Gasteiger charge is 2.15. The molecule has 9 heteroatoms. The molecular formula is C18H16F2N2O5. The summed E-state index contributed by atoms with van der Waals surface area (Å²) >= 11 is 0. The number of halogens is 2. The maximum Gasteiger partial charge on any atom is 0.387 e. The van der Waals surface area contributed by atoms with E-state index >= 15 is 0 Å². The molecule has 0 radical (unpaired) electrons. The highest BCUT2D eigenvalue weighted by molar-refractivity contribution is 5.92. The van der Waals surface area contributed by atoms with E-state index in [4.69, 9.17) is 13.7 Å². The minimum atomic E-state index is -2.95. The van der Waals surface area contributed by atoms with Crippen LogP contribution in [0.2, 0.25) is 0 Å². The Kier molecular flexibility index (Phi) is 5.70. The maximum atomic E-state index is 12.5. The molecule has 1 amide bonds. The second-order valence-corrected chi connectivity index (χ2v) is 5.42. The number of methoxy groups -OCH3 is 1. The van der Waals surface area contributed by atoms with Gasteiger partial charge >= 0.3 is 6.61 Å². The Morgan fingerprint density at radius 3 is 2.78 bits per heavy atom. The van der Waals surface area contributed by atoms with Crippen molar-refractivity contribution < 1.29 is 32.0 Å². The lowest BCUT2D eigenvalue weighted by Gasteiger charge is -2.11. The molecule has 7 nitrogen and oxygen atoms in total. The number of ether oxygens (including phenoxy) is 2. The lowest BCUT2D eigenvalue weighted by Crippen LogP contribution is -2.25. The Morgan fingerprint density at radius 2 is 2.07 bits per heavy atom. The van der Waals surface area contributed by atoms with Gasteiger partial charge in [0.1, 0.15) is 0 Å². The molecule has 0 saturated heterocycles. The average molecular weight is 378 g/mol. The molecule has 27 heavy (non-hydrogen) atoms. The van der Waals surface area contributed by atoms with Gasteiger partial charge in [0.05, 0.1) is 13.4 Å². The lowest BCUT2D eigenvalue weighted by molar-refractivity contribution is -0.0512. The summed E-state index contributed by atoms with van der Waals surface area (Å²) in [5, 5.41) is 6.38. The van der Waals surface area contributed by atoms with Gasteiger partial charge in [-0.3, -0.25) is 4.79 Å². The fraction of sp³-hybridized carbons (Fsp3) is 0.222. The highest BCUT2D eigenvalue weighted by Crippen LogP contribution is 2.29. The van der Waals surface area contributed by atoms with Crippen LogP contribution in [-0.4, -0.2) is 31.3 Å². The molecule has 3 rings (SSSR count). The Labute approximate surface area is 152 Å². The summed E-state index contributed by atoms with van der Waals surface area (Å²) in [5.41, 5.74) is 0.807. The molecule has 0 unspecified atom stereocenters. The monoisotopic (exact) mass is 378 g/mol. The summed E-state index contributed by atoms with van der Waals surface area (Å²) in [5.74, 6) is 0.529. The zero-order chi connectivity index (χ0) is 19.2. The Morgan fingerprint density at radius 1 is 1.22 bits per heavy atom. The molecule has 142 valence electrons. The molecule has 2 heterocycles. The molecule has 0 aliphatic heterocycles. The first-order chi connectivity index (χ1) is 13.1. The van der Waals surface area contributed by atoms with E-state index in [1.807, 2.05) is 0 Å². The van der Waals surface area contributed by atoms with E-state index in [-0.39, 0.29) is 23.7 Å². The van der Waals surface area contributed by atoms with Crippen LogP contribution in [0.5, 0.6) is 11.5 Å². The topological polar surface area (TPSA) is 86.7 Å². The number of hydrogen-bond donors (Lipinski definition) is 1. The van der Waals surface area contributed by atoms with E-state index in [0.29, 0.717) is 23.5 Å². The van der Waals surface area contributed by atoms with Crippen molar-refractivity contribution in [3.63, 3.8) is 0 Å². The smallest absolute Gasteiger partial charge is 0.387 e. The van der Waals surface area contributed by atoms with Crippen LogP contribution in [0.1, 0.15) is 16.1 Å². The molecule has 3 aromatic rings.